The average molecular weight is 286 g/mol. The second-order valence-corrected chi connectivity index (χ2v) is 6.71. The van der Waals surface area contributed by atoms with Gasteiger partial charge in [-0.3, -0.25) is 14.4 Å². The van der Waals surface area contributed by atoms with Crippen molar-refractivity contribution in [1.82, 2.24) is 0 Å². The Kier molecular flexibility index (Phi) is 6.89. The van der Waals surface area contributed by atoms with Crippen LogP contribution in [0.4, 0.5) is 0 Å². The fourth-order valence-corrected chi connectivity index (χ4v) is 1.39. The molecule has 116 valence electrons. The minimum absolute atomic E-state index is 0.0461. The van der Waals surface area contributed by atoms with Gasteiger partial charge >= 0.3 is 11.9 Å². The molecule has 0 aliphatic heterocycles. The summed E-state index contributed by atoms with van der Waals surface area (Å²) in [5.41, 5.74) is -1.09. The molecule has 5 nitrogen and oxygen atoms in total. The number of carbonyl (C=O) groups is 3. The Labute approximate surface area is 121 Å². The van der Waals surface area contributed by atoms with Gasteiger partial charge in [0.25, 0.3) is 0 Å². The Hall–Kier alpha value is -1.39. The molecule has 0 fully saturated rings. The molecule has 0 heterocycles. The molecular formula is C15H26O5. The van der Waals surface area contributed by atoms with Crippen LogP contribution in [0.25, 0.3) is 0 Å². The molecule has 0 atom stereocenters. The van der Waals surface area contributed by atoms with Gasteiger partial charge in [0.1, 0.15) is 17.0 Å². The van der Waals surface area contributed by atoms with Crippen LogP contribution in [-0.4, -0.2) is 28.9 Å². The third kappa shape index (κ3) is 11.7. The fourth-order valence-electron chi connectivity index (χ4n) is 1.39. The van der Waals surface area contributed by atoms with Gasteiger partial charge in [-0.25, -0.2) is 0 Å². The normalized spacial score (nSPS) is 11.9. The largest absolute Gasteiger partial charge is 0.460 e. The Balaban J connectivity index is 3.91. The molecule has 0 rings (SSSR count). The molecular weight excluding hydrogens is 260 g/mol. The molecule has 0 unspecified atom stereocenters. The Morgan fingerprint density at radius 2 is 0.950 bits per heavy atom. The summed E-state index contributed by atoms with van der Waals surface area (Å²) in [4.78, 5) is 34.4. The highest BCUT2D eigenvalue weighted by molar-refractivity contribution is 5.85. The second kappa shape index (κ2) is 7.41. The van der Waals surface area contributed by atoms with Crippen molar-refractivity contribution in [3.63, 3.8) is 0 Å². The molecule has 0 saturated carbocycles. The second-order valence-electron chi connectivity index (χ2n) is 6.71. The molecule has 0 saturated heterocycles. The lowest BCUT2D eigenvalue weighted by molar-refractivity contribution is -0.155. The lowest BCUT2D eigenvalue weighted by Gasteiger charge is -2.19. The fraction of sp³-hybridized carbons (Fsp3) is 0.800. The highest BCUT2D eigenvalue weighted by atomic mass is 16.6. The monoisotopic (exact) mass is 286 g/mol. The summed E-state index contributed by atoms with van der Waals surface area (Å²) < 4.78 is 10.2. The van der Waals surface area contributed by atoms with Crippen LogP contribution < -0.4 is 0 Å². The predicted octanol–water partition coefficient (Wildman–Crippen LogP) is 2.80. The molecule has 20 heavy (non-hydrogen) atoms. The summed E-state index contributed by atoms with van der Waals surface area (Å²) in [5, 5.41) is 0. The van der Waals surface area contributed by atoms with E-state index in [2.05, 4.69) is 0 Å². The Bertz CT molecular complexity index is 323. The smallest absolute Gasteiger partial charge is 0.306 e. The van der Waals surface area contributed by atoms with E-state index < -0.39 is 23.1 Å². The van der Waals surface area contributed by atoms with Crippen LogP contribution in [0.1, 0.15) is 67.2 Å². The first kappa shape index (κ1) is 18.6. The zero-order valence-corrected chi connectivity index (χ0v) is 13.4. The van der Waals surface area contributed by atoms with E-state index in [-0.39, 0.29) is 31.5 Å². The van der Waals surface area contributed by atoms with Crippen molar-refractivity contribution in [3.8, 4) is 0 Å². The van der Waals surface area contributed by atoms with Crippen LogP contribution in [0.3, 0.4) is 0 Å². The number of rotatable bonds is 6. The van der Waals surface area contributed by atoms with Gasteiger partial charge in [0.15, 0.2) is 0 Å². The number of carbonyl (C=O) groups excluding carboxylic acids is 3. The maximum atomic E-state index is 11.6. The summed E-state index contributed by atoms with van der Waals surface area (Å²) in [6.45, 7) is 10.6. The third-order valence-electron chi connectivity index (χ3n) is 2.06. The number of ketones is 1. The average Bonchev–Trinajstić information content (AvgIpc) is 2.18. The van der Waals surface area contributed by atoms with Gasteiger partial charge in [-0.1, -0.05) is 0 Å². The standard InChI is InChI=1S/C15H26O5/c1-14(2,3)19-12(17)9-7-11(16)8-10-13(18)20-15(4,5)6/h7-10H2,1-6H3. The van der Waals surface area contributed by atoms with Gasteiger partial charge in [-0.15, -0.1) is 0 Å². The van der Waals surface area contributed by atoms with Crippen LogP contribution >= 0.6 is 0 Å². The van der Waals surface area contributed by atoms with Gasteiger partial charge in [0, 0.05) is 12.8 Å². The zero-order chi connectivity index (χ0) is 16.0. The van der Waals surface area contributed by atoms with E-state index in [1.165, 1.54) is 0 Å². The van der Waals surface area contributed by atoms with Crippen molar-refractivity contribution in [1.29, 1.82) is 0 Å². The van der Waals surface area contributed by atoms with Crippen LogP contribution in [0, 0.1) is 0 Å². The van der Waals surface area contributed by atoms with E-state index in [0.717, 1.165) is 0 Å². The van der Waals surface area contributed by atoms with Crippen molar-refractivity contribution < 1.29 is 23.9 Å². The van der Waals surface area contributed by atoms with Gasteiger partial charge in [-0.2, -0.15) is 0 Å². The van der Waals surface area contributed by atoms with Crippen molar-refractivity contribution in [2.24, 2.45) is 0 Å². The van der Waals surface area contributed by atoms with E-state index in [9.17, 15) is 14.4 Å². The van der Waals surface area contributed by atoms with Crippen molar-refractivity contribution in [2.45, 2.75) is 78.4 Å². The van der Waals surface area contributed by atoms with Gasteiger partial charge < -0.3 is 9.47 Å². The van der Waals surface area contributed by atoms with E-state index in [0.29, 0.717) is 0 Å². The lowest BCUT2D eigenvalue weighted by Crippen LogP contribution is -2.25. The lowest BCUT2D eigenvalue weighted by atomic mass is 10.1. The molecule has 0 aliphatic rings. The molecule has 0 spiro atoms. The van der Waals surface area contributed by atoms with E-state index in [1.54, 1.807) is 41.5 Å². The van der Waals surface area contributed by atoms with Crippen molar-refractivity contribution in [3.05, 3.63) is 0 Å². The van der Waals surface area contributed by atoms with Crippen LogP contribution in [0.2, 0.25) is 0 Å². The molecule has 0 aromatic rings. The minimum atomic E-state index is -0.545. The third-order valence-corrected chi connectivity index (χ3v) is 2.06. The molecule has 0 aromatic heterocycles. The Morgan fingerprint density at radius 3 is 1.20 bits per heavy atom. The SMILES string of the molecule is CC(C)(C)OC(=O)CCC(=O)CCC(=O)OC(C)(C)C. The van der Waals surface area contributed by atoms with Gasteiger partial charge in [-0.05, 0) is 41.5 Å². The Morgan fingerprint density at radius 1 is 0.650 bits per heavy atom. The highest BCUT2D eigenvalue weighted by Crippen LogP contribution is 2.12. The van der Waals surface area contributed by atoms with E-state index >= 15 is 0 Å². The number of hydrogen-bond donors (Lipinski definition) is 0. The summed E-state index contributed by atoms with van der Waals surface area (Å²) >= 11 is 0. The quantitative estimate of drug-likeness (QED) is 0.702. The van der Waals surface area contributed by atoms with Crippen molar-refractivity contribution >= 4 is 17.7 Å². The summed E-state index contributed by atoms with van der Waals surface area (Å²) in [6.07, 6.45) is 0.282. The van der Waals surface area contributed by atoms with Crippen molar-refractivity contribution in [2.75, 3.05) is 0 Å². The van der Waals surface area contributed by atoms with Crippen LogP contribution in [0.5, 0.6) is 0 Å². The number of esters is 2. The number of hydrogen-bond acceptors (Lipinski definition) is 5. The highest BCUT2D eigenvalue weighted by Gasteiger charge is 2.19. The molecule has 0 radical (unpaired) electrons. The topological polar surface area (TPSA) is 69.7 Å². The number of ether oxygens (including phenoxy) is 2. The molecule has 0 aromatic carbocycles. The van der Waals surface area contributed by atoms with Crippen LogP contribution in [-0.2, 0) is 23.9 Å². The first-order valence-electron chi connectivity index (χ1n) is 6.84. The zero-order valence-electron chi connectivity index (χ0n) is 13.4. The summed E-state index contributed by atoms with van der Waals surface area (Å²) in [7, 11) is 0. The maximum Gasteiger partial charge on any atom is 0.306 e. The summed E-state index contributed by atoms with van der Waals surface area (Å²) in [6, 6.07) is 0. The molecule has 0 bridgehead atoms. The number of Topliss-reactive ketones (excluding diaryl/α,β-unsaturated/α-hetero) is 1. The maximum absolute atomic E-state index is 11.6. The van der Waals surface area contributed by atoms with Gasteiger partial charge in [0.05, 0.1) is 12.8 Å². The van der Waals surface area contributed by atoms with E-state index in [4.69, 9.17) is 9.47 Å². The van der Waals surface area contributed by atoms with E-state index in [1.807, 2.05) is 0 Å². The molecule has 0 N–H and O–H groups in total. The minimum Gasteiger partial charge on any atom is -0.460 e. The molecule has 0 aliphatic carbocycles. The van der Waals surface area contributed by atoms with Crippen LogP contribution in [0.15, 0.2) is 0 Å². The summed E-state index contributed by atoms with van der Waals surface area (Å²) in [5.74, 6) is -0.937. The van der Waals surface area contributed by atoms with Gasteiger partial charge in [0.2, 0.25) is 0 Å². The first-order chi connectivity index (χ1) is 8.89. The molecule has 5 heteroatoms. The predicted molar refractivity (Wildman–Crippen MR) is 75.2 cm³/mol. The molecule has 0 amide bonds. The first-order valence-corrected chi connectivity index (χ1v) is 6.84.